The molecule has 1 N–H and O–H groups in total. The molecule has 1 aliphatic heterocycles. The van der Waals surface area contributed by atoms with Crippen LogP contribution >= 0.6 is 0 Å². The number of hydrogen-bond donors (Lipinski definition) is 1. The lowest BCUT2D eigenvalue weighted by molar-refractivity contribution is 0.0646. The summed E-state index contributed by atoms with van der Waals surface area (Å²) < 4.78 is 8.04. The fourth-order valence-electron chi connectivity index (χ4n) is 3.23. The van der Waals surface area contributed by atoms with Gasteiger partial charge in [-0.05, 0) is 11.6 Å². The third kappa shape index (κ3) is 2.51. The van der Waals surface area contributed by atoms with Crippen LogP contribution in [0.25, 0.3) is 10.9 Å². The van der Waals surface area contributed by atoms with Crippen LogP contribution in [0.2, 0.25) is 0 Å². The highest BCUT2D eigenvalue weighted by molar-refractivity contribution is 6.09. The average molecular weight is 306 g/mol. The number of ether oxygens (including phenoxy) is 1. The summed E-state index contributed by atoms with van der Waals surface area (Å²) in [5.74, 6) is 0.0178. The quantitative estimate of drug-likeness (QED) is 0.805. The normalized spacial score (nSPS) is 13.8. The lowest BCUT2D eigenvalue weighted by atomic mass is 10.1. The van der Waals surface area contributed by atoms with Crippen molar-refractivity contribution in [1.82, 2.24) is 9.88 Å². The predicted molar refractivity (Wildman–Crippen MR) is 89.2 cm³/mol. The summed E-state index contributed by atoms with van der Waals surface area (Å²) in [7, 11) is 0. The van der Waals surface area contributed by atoms with E-state index in [9.17, 15) is 4.79 Å². The minimum Gasteiger partial charge on any atom is -0.356 e. The van der Waals surface area contributed by atoms with Crippen LogP contribution in [0.15, 0.2) is 54.6 Å². The van der Waals surface area contributed by atoms with Gasteiger partial charge in [-0.25, -0.2) is 0 Å². The number of para-hydroxylation sites is 1. The zero-order valence-electron chi connectivity index (χ0n) is 12.8. The number of fused-ring (bicyclic) bond motifs is 3. The van der Waals surface area contributed by atoms with E-state index in [-0.39, 0.29) is 5.91 Å². The zero-order chi connectivity index (χ0) is 15.6. The van der Waals surface area contributed by atoms with Gasteiger partial charge in [0.1, 0.15) is 6.73 Å². The van der Waals surface area contributed by atoms with Crippen LogP contribution in [-0.4, -0.2) is 17.0 Å². The number of nitrogens with one attached hydrogen (secondary N) is 1. The second kappa shape index (κ2) is 5.89. The van der Waals surface area contributed by atoms with Crippen LogP contribution in [0.3, 0.4) is 0 Å². The minimum absolute atomic E-state index is 0.0178. The summed E-state index contributed by atoms with van der Waals surface area (Å²) in [6.07, 6.45) is 0.838. The molecule has 0 aliphatic carbocycles. The summed E-state index contributed by atoms with van der Waals surface area (Å²) in [5.41, 5.74) is 4.08. The van der Waals surface area contributed by atoms with E-state index in [0.717, 1.165) is 34.1 Å². The first-order valence-electron chi connectivity index (χ1n) is 7.84. The van der Waals surface area contributed by atoms with E-state index in [2.05, 4.69) is 22.0 Å². The van der Waals surface area contributed by atoms with Gasteiger partial charge < -0.3 is 14.6 Å². The van der Waals surface area contributed by atoms with Gasteiger partial charge in [-0.3, -0.25) is 4.79 Å². The smallest absolute Gasteiger partial charge is 0.253 e. The summed E-state index contributed by atoms with van der Waals surface area (Å²) in [5, 5.41) is 3.94. The number of aromatic nitrogens is 1. The standard InChI is InChI=1S/C19H18N2O2/c22-19-18-15-8-4-5-9-16(15)21(17(18)10-11-20-19)13-23-12-14-6-2-1-3-7-14/h1-9H,10-13H2,(H,20,22). The summed E-state index contributed by atoms with van der Waals surface area (Å²) in [4.78, 5) is 12.2. The Balaban J connectivity index is 1.65. The van der Waals surface area contributed by atoms with Crippen molar-refractivity contribution in [1.29, 1.82) is 0 Å². The summed E-state index contributed by atoms with van der Waals surface area (Å²) >= 11 is 0. The Morgan fingerprint density at radius 3 is 2.70 bits per heavy atom. The summed E-state index contributed by atoms with van der Waals surface area (Å²) in [6.45, 7) is 1.70. The Bertz CT molecular complexity index is 852. The highest BCUT2D eigenvalue weighted by Crippen LogP contribution is 2.28. The van der Waals surface area contributed by atoms with E-state index < -0.39 is 0 Å². The molecule has 0 radical (unpaired) electrons. The van der Waals surface area contributed by atoms with Crippen molar-refractivity contribution >= 4 is 16.8 Å². The number of hydrogen-bond acceptors (Lipinski definition) is 2. The molecule has 2 heterocycles. The van der Waals surface area contributed by atoms with Crippen LogP contribution in [0.4, 0.5) is 0 Å². The van der Waals surface area contributed by atoms with E-state index in [1.54, 1.807) is 0 Å². The molecular weight excluding hydrogens is 288 g/mol. The van der Waals surface area contributed by atoms with Gasteiger partial charge in [0.15, 0.2) is 0 Å². The van der Waals surface area contributed by atoms with E-state index >= 15 is 0 Å². The number of nitrogens with zero attached hydrogens (tertiary/aromatic N) is 1. The van der Waals surface area contributed by atoms with E-state index in [4.69, 9.17) is 4.74 Å². The van der Waals surface area contributed by atoms with Crippen LogP contribution in [0.1, 0.15) is 21.6 Å². The predicted octanol–water partition coefficient (Wildman–Crippen LogP) is 3.10. The fourth-order valence-corrected chi connectivity index (χ4v) is 3.23. The van der Waals surface area contributed by atoms with Gasteiger partial charge in [0.05, 0.1) is 17.7 Å². The van der Waals surface area contributed by atoms with Crippen molar-refractivity contribution < 1.29 is 9.53 Å². The molecule has 0 spiro atoms. The van der Waals surface area contributed by atoms with Crippen molar-refractivity contribution in [3.8, 4) is 0 Å². The van der Waals surface area contributed by atoms with Crippen LogP contribution in [-0.2, 0) is 24.5 Å². The maximum atomic E-state index is 12.2. The van der Waals surface area contributed by atoms with E-state index in [1.165, 1.54) is 0 Å². The van der Waals surface area contributed by atoms with E-state index in [1.807, 2.05) is 42.5 Å². The first kappa shape index (κ1) is 14.0. The first-order chi connectivity index (χ1) is 11.3. The van der Waals surface area contributed by atoms with E-state index in [0.29, 0.717) is 19.9 Å². The van der Waals surface area contributed by atoms with Crippen molar-refractivity contribution in [2.45, 2.75) is 19.8 Å². The van der Waals surface area contributed by atoms with Gasteiger partial charge in [-0.15, -0.1) is 0 Å². The second-order valence-corrected chi connectivity index (χ2v) is 5.74. The molecule has 0 fully saturated rings. The number of carbonyl (C=O) groups is 1. The van der Waals surface area contributed by atoms with Crippen molar-refractivity contribution in [3.63, 3.8) is 0 Å². The molecule has 4 rings (SSSR count). The number of rotatable bonds is 4. The first-order valence-corrected chi connectivity index (χ1v) is 7.84. The number of carbonyl (C=O) groups excluding carboxylic acids is 1. The Labute approximate surface area is 134 Å². The Hall–Kier alpha value is -2.59. The molecule has 0 saturated heterocycles. The highest BCUT2D eigenvalue weighted by atomic mass is 16.5. The van der Waals surface area contributed by atoms with Crippen molar-refractivity contribution in [3.05, 3.63) is 71.4 Å². The van der Waals surface area contributed by atoms with Gasteiger partial charge in [-0.2, -0.15) is 0 Å². The molecule has 1 aliphatic rings. The van der Waals surface area contributed by atoms with Gasteiger partial charge in [0, 0.05) is 24.0 Å². The fraction of sp³-hybridized carbons (Fsp3) is 0.211. The van der Waals surface area contributed by atoms with Crippen LogP contribution in [0, 0.1) is 0 Å². The molecule has 3 aromatic rings. The van der Waals surface area contributed by atoms with Crippen LogP contribution < -0.4 is 5.32 Å². The topological polar surface area (TPSA) is 43.3 Å². The Kier molecular flexibility index (Phi) is 3.60. The summed E-state index contributed by atoms with van der Waals surface area (Å²) in [6, 6.07) is 18.1. The van der Waals surface area contributed by atoms with Crippen molar-refractivity contribution in [2.24, 2.45) is 0 Å². The highest BCUT2D eigenvalue weighted by Gasteiger charge is 2.25. The molecule has 0 unspecified atom stereocenters. The third-order valence-electron chi connectivity index (χ3n) is 4.28. The third-order valence-corrected chi connectivity index (χ3v) is 4.28. The molecule has 1 aromatic heterocycles. The molecule has 4 heteroatoms. The molecule has 2 aromatic carbocycles. The molecule has 0 atom stereocenters. The monoisotopic (exact) mass is 306 g/mol. The Morgan fingerprint density at radius 2 is 1.83 bits per heavy atom. The maximum Gasteiger partial charge on any atom is 0.253 e. The zero-order valence-corrected chi connectivity index (χ0v) is 12.8. The molecule has 23 heavy (non-hydrogen) atoms. The molecule has 0 saturated carbocycles. The Morgan fingerprint density at radius 1 is 1.04 bits per heavy atom. The van der Waals surface area contributed by atoms with Gasteiger partial charge in [0.2, 0.25) is 0 Å². The van der Waals surface area contributed by atoms with Gasteiger partial charge in [-0.1, -0.05) is 48.5 Å². The average Bonchev–Trinajstić information content (AvgIpc) is 2.91. The number of benzene rings is 2. The molecule has 4 nitrogen and oxygen atoms in total. The van der Waals surface area contributed by atoms with Gasteiger partial charge >= 0.3 is 0 Å². The SMILES string of the molecule is O=C1NCCc2c1c1ccccc1n2COCc1ccccc1. The second-order valence-electron chi connectivity index (χ2n) is 5.74. The van der Waals surface area contributed by atoms with Gasteiger partial charge in [0.25, 0.3) is 5.91 Å². The molecular formula is C19H18N2O2. The molecule has 116 valence electrons. The number of amides is 1. The van der Waals surface area contributed by atoms with Crippen molar-refractivity contribution in [2.75, 3.05) is 6.54 Å². The maximum absolute atomic E-state index is 12.2. The molecule has 1 amide bonds. The lowest BCUT2D eigenvalue weighted by Gasteiger charge is -2.16. The minimum atomic E-state index is 0.0178. The lowest BCUT2D eigenvalue weighted by Crippen LogP contribution is -2.32. The molecule has 0 bridgehead atoms. The largest absolute Gasteiger partial charge is 0.356 e. The van der Waals surface area contributed by atoms with Crippen LogP contribution in [0.5, 0.6) is 0 Å².